The van der Waals surface area contributed by atoms with Gasteiger partial charge in [0.25, 0.3) is 0 Å². The summed E-state index contributed by atoms with van der Waals surface area (Å²) in [4.78, 5) is 11.5. The van der Waals surface area contributed by atoms with Crippen molar-refractivity contribution < 1.29 is 28.2 Å². The van der Waals surface area contributed by atoms with Crippen molar-refractivity contribution in [2.75, 3.05) is 6.61 Å². The number of benzene rings is 1. The number of alkyl halides is 3. The predicted molar refractivity (Wildman–Crippen MR) is 65.6 cm³/mol. The quantitative estimate of drug-likeness (QED) is 0.741. The van der Waals surface area contributed by atoms with E-state index in [9.17, 15) is 23.1 Å². The van der Waals surface area contributed by atoms with Crippen LogP contribution < -0.4 is 5.32 Å². The molecule has 1 amide bonds. The number of hydrogen-bond acceptors (Lipinski definition) is 3. The highest BCUT2D eigenvalue weighted by Crippen LogP contribution is 2.35. The molecule has 0 heterocycles. The second-order valence-electron chi connectivity index (χ2n) is 4.44. The van der Waals surface area contributed by atoms with Crippen molar-refractivity contribution in [1.29, 1.82) is 0 Å². The molecule has 0 bridgehead atoms. The SMILES string of the molecule is O=C(CC(O)(CCO)C(F)(F)F)NCc1ccccc1. The number of rotatable bonds is 6. The molecule has 1 atom stereocenters. The normalized spacial score (nSPS) is 14.7. The van der Waals surface area contributed by atoms with Gasteiger partial charge in [0.05, 0.1) is 6.42 Å². The zero-order valence-electron chi connectivity index (χ0n) is 10.7. The first kappa shape index (κ1) is 16.5. The molecule has 1 rings (SSSR count). The number of carbonyl (C=O) groups excluding carboxylic acids is 1. The van der Waals surface area contributed by atoms with Crippen LogP contribution in [0.4, 0.5) is 13.2 Å². The Morgan fingerprint density at radius 1 is 1.20 bits per heavy atom. The van der Waals surface area contributed by atoms with Crippen molar-refractivity contribution >= 4 is 5.91 Å². The Morgan fingerprint density at radius 2 is 1.80 bits per heavy atom. The van der Waals surface area contributed by atoms with E-state index >= 15 is 0 Å². The van der Waals surface area contributed by atoms with Crippen LogP contribution in [0.15, 0.2) is 30.3 Å². The van der Waals surface area contributed by atoms with Crippen molar-refractivity contribution in [3.05, 3.63) is 35.9 Å². The van der Waals surface area contributed by atoms with Crippen LogP contribution in [0.2, 0.25) is 0 Å². The van der Waals surface area contributed by atoms with Gasteiger partial charge in [-0.3, -0.25) is 4.79 Å². The summed E-state index contributed by atoms with van der Waals surface area (Å²) in [6.45, 7) is -0.783. The molecule has 0 saturated carbocycles. The van der Waals surface area contributed by atoms with E-state index in [1.54, 1.807) is 30.3 Å². The first-order chi connectivity index (χ1) is 9.28. The third kappa shape index (κ3) is 4.50. The van der Waals surface area contributed by atoms with Gasteiger partial charge >= 0.3 is 6.18 Å². The zero-order valence-corrected chi connectivity index (χ0v) is 10.7. The number of nitrogens with one attached hydrogen (secondary N) is 1. The van der Waals surface area contributed by atoms with Gasteiger partial charge in [0, 0.05) is 19.6 Å². The van der Waals surface area contributed by atoms with Crippen LogP contribution in [0.1, 0.15) is 18.4 Å². The van der Waals surface area contributed by atoms with Crippen LogP contribution in [-0.2, 0) is 11.3 Å². The van der Waals surface area contributed by atoms with E-state index < -0.39 is 37.1 Å². The Labute approximate surface area is 114 Å². The summed E-state index contributed by atoms with van der Waals surface area (Å²) >= 11 is 0. The summed E-state index contributed by atoms with van der Waals surface area (Å²) in [5.74, 6) is -0.929. The summed E-state index contributed by atoms with van der Waals surface area (Å²) in [7, 11) is 0. The number of aliphatic hydroxyl groups excluding tert-OH is 1. The van der Waals surface area contributed by atoms with Gasteiger partial charge in [-0.05, 0) is 5.56 Å². The summed E-state index contributed by atoms with van der Waals surface area (Å²) in [5.41, 5.74) is -2.47. The first-order valence-corrected chi connectivity index (χ1v) is 5.99. The molecule has 0 aliphatic carbocycles. The highest BCUT2D eigenvalue weighted by molar-refractivity contribution is 5.77. The van der Waals surface area contributed by atoms with E-state index in [0.29, 0.717) is 0 Å². The van der Waals surface area contributed by atoms with Gasteiger partial charge in [-0.2, -0.15) is 13.2 Å². The van der Waals surface area contributed by atoms with Crippen LogP contribution in [0.25, 0.3) is 0 Å². The first-order valence-electron chi connectivity index (χ1n) is 5.99. The molecule has 1 unspecified atom stereocenters. The molecule has 0 fully saturated rings. The highest BCUT2D eigenvalue weighted by Gasteiger charge is 2.54. The molecular formula is C13H16F3NO3. The van der Waals surface area contributed by atoms with Crippen LogP contribution >= 0.6 is 0 Å². The highest BCUT2D eigenvalue weighted by atomic mass is 19.4. The monoisotopic (exact) mass is 291 g/mol. The average molecular weight is 291 g/mol. The van der Waals surface area contributed by atoms with Gasteiger partial charge in [0.15, 0.2) is 5.60 Å². The van der Waals surface area contributed by atoms with Gasteiger partial charge in [0.2, 0.25) is 5.91 Å². The van der Waals surface area contributed by atoms with Gasteiger partial charge in [-0.1, -0.05) is 30.3 Å². The fourth-order valence-corrected chi connectivity index (χ4v) is 1.64. The van der Waals surface area contributed by atoms with Crippen LogP contribution in [-0.4, -0.2) is 34.5 Å². The molecule has 0 spiro atoms. The molecule has 0 aliphatic rings. The number of amides is 1. The molecule has 20 heavy (non-hydrogen) atoms. The molecule has 0 radical (unpaired) electrons. The van der Waals surface area contributed by atoms with Crippen LogP contribution in [0, 0.1) is 0 Å². The van der Waals surface area contributed by atoms with E-state index in [1.165, 1.54) is 0 Å². The maximum absolute atomic E-state index is 12.7. The lowest BCUT2D eigenvalue weighted by molar-refractivity contribution is -0.265. The van der Waals surface area contributed by atoms with E-state index in [1.807, 2.05) is 0 Å². The molecule has 1 aromatic carbocycles. The van der Waals surface area contributed by atoms with Gasteiger partial charge in [-0.25, -0.2) is 0 Å². The molecule has 3 N–H and O–H groups in total. The van der Waals surface area contributed by atoms with E-state index in [-0.39, 0.29) is 6.54 Å². The molecule has 112 valence electrons. The van der Waals surface area contributed by atoms with Crippen molar-refractivity contribution in [1.82, 2.24) is 5.32 Å². The molecule has 0 saturated heterocycles. The Hall–Kier alpha value is -1.60. The van der Waals surface area contributed by atoms with Crippen molar-refractivity contribution in [2.24, 2.45) is 0 Å². The number of aliphatic hydroxyl groups is 2. The Bertz CT molecular complexity index is 436. The van der Waals surface area contributed by atoms with Crippen molar-refractivity contribution in [3.8, 4) is 0 Å². The maximum Gasteiger partial charge on any atom is 0.417 e. The summed E-state index contributed by atoms with van der Waals surface area (Å²) < 4.78 is 38.0. The Morgan fingerprint density at radius 3 is 2.30 bits per heavy atom. The lowest BCUT2D eigenvalue weighted by atomic mass is 9.94. The number of halogens is 3. The minimum absolute atomic E-state index is 0.0761. The molecule has 1 aromatic rings. The van der Waals surface area contributed by atoms with Crippen LogP contribution in [0.3, 0.4) is 0 Å². The third-order valence-electron chi connectivity index (χ3n) is 2.84. The molecule has 0 aromatic heterocycles. The topological polar surface area (TPSA) is 69.6 Å². The molecule has 0 aliphatic heterocycles. The lowest BCUT2D eigenvalue weighted by Gasteiger charge is -2.29. The third-order valence-corrected chi connectivity index (χ3v) is 2.84. The zero-order chi connectivity index (χ0) is 15.2. The Balaban J connectivity index is 2.59. The number of hydrogen-bond donors (Lipinski definition) is 3. The second kappa shape index (κ2) is 6.71. The molecular weight excluding hydrogens is 275 g/mol. The lowest BCUT2D eigenvalue weighted by Crippen LogP contribution is -2.49. The fourth-order valence-electron chi connectivity index (χ4n) is 1.64. The van der Waals surface area contributed by atoms with E-state index in [2.05, 4.69) is 5.32 Å². The maximum atomic E-state index is 12.7. The van der Waals surface area contributed by atoms with Crippen molar-refractivity contribution in [3.63, 3.8) is 0 Å². The Kier molecular flexibility index (Phi) is 5.52. The van der Waals surface area contributed by atoms with Crippen LogP contribution in [0.5, 0.6) is 0 Å². The van der Waals surface area contributed by atoms with Crippen molar-refractivity contribution in [2.45, 2.75) is 31.2 Å². The van der Waals surface area contributed by atoms with E-state index in [0.717, 1.165) is 5.56 Å². The minimum atomic E-state index is -4.97. The van der Waals surface area contributed by atoms with E-state index in [4.69, 9.17) is 5.11 Å². The summed E-state index contributed by atoms with van der Waals surface area (Å²) in [6.07, 6.45) is -7.04. The molecule has 4 nitrogen and oxygen atoms in total. The second-order valence-corrected chi connectivity index (χ2v) is 4.44. The summed E-state index contributed by atoms with van der Waals surface area (Å²) in [5, 5.41) is 20.4. The summed E-state index contributed by atoms with van der Waals surface area (Å²) in [6, 6.07) is 8.67. The predicted octanol–water partition coefficient (Wildman–Crippen LogP) is 1.37. The minimum Gasteiger partial charge on any atom is -0.396 e. The standard InChI is InChI=1S/C13H16F3NO3/c14-13(15,16)12(20,6-7-18)8-11(19)17-9-10-4-2-1-3-5-10/h1-5,18,20H,6-9H2,(H,17,19). The largest absolute Gasteiger partial charge is 0.417 e. The van der Waals surface area contributed by atoms with Gasteiger partial charge in [-0.15, -0.1) is 0 Å². The van der Waals surface area contributed by atoms with Gasteiger partial charge in [0.1, 0.15) is 0 Å². The average Bonchev–Trinajstić information content (AvgIpc) is 2.36. The smallest absolute Gasteiger partial charge is 0.396 e. The number of carbonyl (C=O) groups is 1. The fraction of sp³-hybridized carbons (Fsp3) is 0.462. The molecule has 7 heteroatoms. The van der Waals surface area contributed by atoms with Gasteiger partial charge < -0.3 is 15.5 Å².